The van der Waals surface area contributed by atoms with Crippen molar-refractivity contribution < 1.29 is 14.0 Å². The van der Waals surface area contributed by atoms with Crippen LogP contribution >= 0.6 is 0 Å². The minimum Gasteiger partial charge on any atom is -0.341 e. The van der Waals surface area contributed by atoms with Crippen LogP contribution in [0.1, 0.15) is 18.4 Å². The zero-order valence-corrected chi connectivity index (χ0v) is 16.5. The Morgan fingerprint density at radius 3 is 2.45 bits per heavy atom. The molecule has 2 saturated heterocycles. The van der Waals surface area contributed by atoms with E-state index in [-0.39, 0.29) is 17.6 Å². The van der Waals surface area contributed by atoms with Gasteiger partial charge in [-0.1, -0.05) is 30.3 Å². The molecule has 5 nitrogen and oxygen atoms in total. The normalized spacial score (nSPS) is 20.7. The van der Waals surface area contributed by atoms with Gasteiger partial charge < -0.3 is 9.80 Å². The molecule has 4 rings (SSSR count). The van der Waals surface area contributed by atoms with Crippen molar-refractivity contribution in [3.8, 4) is 0 Å². The van der Waals surface area contributed by atoms with Gasteiger partial charge in [-0.25, -0.2) is 4.39 Å². The Labute approximate surface area is 170 Å². The van der Waals surface area contributed by atoms with Crippen LogP contribution in [0.4, 0.5) is 10.1 Å². The number of rotatable bonds is 4. The van der Waals surface area contributed by atoms with E-state index in [2.05, 4.69) is 17.0 Å². The van der Waals surface area contributed by atoms with Crippen molar-refractivity contribution in [2.24, 2.45) is 5.92 Å². The molecular formula is C23H26FN3O2. The zero-order valence-electron chi connectivity index (χ0n) is 16.5. The molecule has 0 bridgehead atoms. The molecule has 0 radical (unpaired) electrons. The summed E-state index contributed by atoms with van der Waals surface area (Å²) >= 11 is 0. The maximum Gasteiger partial charge on any atom is 0.239 e. The summed E-state index contributed by atoms with van der Waals surface area (Å²) in [6.07, 6.45) is 1.42. The second kappa shape index (κ2) is 8.74. The molecule has 2 heterocycles. The minimum absolute atomic E-state index is 0.0684. The molecule has 0 aromatic heterocycles. The lowest BCUT2D eigenvalue weighted by Crippen LogP contribution is -2.42. The molecule has 1 unspecified atom stereocenters. The van der Waals surface area contributed by atoms with Gasteiger partial charge in [-0.3, -0.25) is 14.5 Å². The van der Waals surface area contributed by atoms with Gasteiger partial charge in [0.05, 0.1) is 0 Å². The van der Waals surface area contributed by atoms with E-state index in [0.29, 0.717) is 31.7 Å². The summed E-state index contributed by atoms with van der Waals surface area (Å²) in [7, 11) is 0. The summed E-state index contributed by atoms with van der Waals surface area (Å²) in [6, 6.07) is 16.2. The van der Waals surface area contributed by atoms with Gasteiger partial charge in [0.1, 0.15) is 11.7 Å². The Morgan fingerprint density at radius 2 is 1.69 bits per heavy atom. The average molecular weight is 395 g/mol. The third-order valence-electron chi connectivity index (χ3n) is 5.79. The second-order valence-corrected chi connectivity index (χ2v) is 7.75. The van der Waals surface area contributed by atoms with Crippen LogP contribution in [0.15, 0.2) is 54.6 Å². The summed E-state index contributed by atoms with van der Waals surface area (Å²) < 4.78 is 13.2. The zero-order chi connectivity index (χ0) is 20.2. The quantitative estimate of drug-likeness (QED) is 0.748. The fourth-order valence-corrected chi connectivity index (χ4v) is 4.20. The van der Waals surface area contributed by atoms with Gasteiger partial charge in [0.2, 0.25) is 11.8 Å². The minimum atomic E-state index is -0.624. The van der Waals surface area contributed by atoms with E-state index in [1.54, 1.807) is 17.0 Å². The number of carbonyl (C=O) groups excluding carboxylic acids is 2. The number of hydrogen-bond donors (Lipinski definition) is 0. The van der Waals surface area contributed by atoms with Crippen LogP contribution in [-0.2, 0) is 16.1 Å². The number of amides is 2. The number of benzene rings is 2. The Kier molecular flexibility index (Phi) is 5.90. The van der Waals surface area contributed by atoms with E-state index < -0.39 is 5.92 Å². The number of carbonyl (C=O) groups is 2. The first kappa shape index (κ1) is 19.6. The predicted molar refractivity (Wildman–Crippen MR) is 110 cm³/mol. The third kappa shape index (κ3) is 4.48. The number of hydrogen-bond acceptors (Lipinski definition) is 3. The van der Waals surface area contributed by atoms with E-state index in [4.69, 9.17) is 0 Å². The van der Waals surface area contributed by atoms with E-state index in [1.807, 2.05) is 23.1 Å². The number of anilines is 1. The summed E-state index contributed by atoms with van der Waals surface area (Å²) in [5, 5.41) is 0. The molecule has 2 aromatic carbocycles. The fraction of sp³-hybridized carbons (Fsp3) is 0.391. The Morgan fingerprint density at radius 1 is 0.931 bits per heavy atom. The van der Waals surface area contributed by atoms with Gasteiger partial charge in [-0.2, -0.15) is 0 Å². The number of halogens is 1. The van der Waals surface area contributed by atoms with E-state index in [0.717, 1.165) is 26.1 Å². The summed E-state index contributed by atoms with van der Waals surface area (Å²) in [6.45, 7) is 4.46. The van der Waals surface area contributed by atoms with Crippen molar-refractivity contribution >= 4 is 17.5 Å². The van der Waals surface area contributed by atoms with Crippen molar-refractivity contribution in [3.63, 3.8) is 0 Å². The van der Waals surface area contributed by atoms with Crippen molar-refractivity contribution in [1.29, 1.82) is 0 Å². The molecule has 152 valence electrons. The van der Waals surface area contributed by atoms with Crippen molar-refractivity contribution in [1.82, 2.24) is 9.80 Å². The first-order chi connectivity index (χ1) is 14.1. The van der Waals surface area contributed by atoms with Gasteiger partial charge >= 0.3 is 0 Å². The van der Waals surface area contributed by atoms with Crippen molar-refractivity contribution in [3.05, 3.63) is 66.0 Å². The SMILES string of the molecule is O=C(C1CCN(c2ccc(F)cc2)C1=O)N1CCCN(Cc2ccccc2)CC1. The molecule has 0 saturated carbocycles. The van der Waals surface area contributed by atoms with E-state index in [1.165, 1.54) is 17.7 Å². The Bertz CT molecular complexity index is 856. The highest BCUT2D eigenvalue weighted by Gasteiger charge is 2.39. The molecule has 29 heavy (non-hydrogen) atoms. The van der Waals surface area contributed by atoms with Crippen LogP contribution in [0.25, 0.3) is 0 Å². The first-order valence-electron chi connectivity index (χ1n) is 10.2. The molecule has 2 aliphatic rings. The molecule has 2 fully saturated rings. The lowest BCUT2D eigenvalue weighted by atomic mass is 10.1. The molecule has 2 aromatic rings. The smallest absolute Gasteiger partial charge is 0.239 e. The average Bonchev–Trinajstić information content (AvgIpc) is 2.96. The highest BCUT2D eigenvalue weighted by molar-refractivity contribution is 6.09. The summed E-state index contributed by atoms with van der Waals surface area (Å²) in [4.78, 5) is 31.7. The second-order valence-electron chi connectivity index (χ2n) is 7.75. The standard InChI is InChI=1S/C23H26FN3O2/c24-19-7-9-20(10-8-19)27-14-11-21(23(27)29)22(28)26-13-4-12-25(15-16-26)17-18-5-2-1-3-6-18/h1-3,5-10,21H,4,11-17H2. The van der Waals surface area contributed by atoms with Gasteiger partial charge in [0.15, 0.2) is 0 Å². The summed E-state index contributed by atoms with van der Waals surface area (Å²) in [5.41, 5.74) is 1.92. The van der Waals surface area contributed by atoms with Crippen LogP contribution in [0.5, 0.6) is 0 Å². The van der Waals surface area contributed by atoms with Gasteiger partial charge in [0, 0.05) is 45.0 Å². The molecule has 6 heteroatoms. The number of nitrogens with zero attached hydrogens (tertiary/aromatic N) is 3. The molecule has 2 amide bonds. The highest BCUT2D eigenvalue weighted by Crippen LogP contribution is 2.27. The molecule has 1 atom stereocenters. The fourth-order valence-electron chi connectivity index (χ4n) is 4.20. The molecule has 0 N–H and O–H groups in total. The maximum absolute atomic E-state index is 13.2. The highest BCUT2D eigenvalue weighted by atomic mass is 19.1. The predicted octanol–water partition coefficient (Wildman–Crippen LogP) is 2.91. The topological polar surface area (TPSA) is 43.9 Å². The monoisotopic (exact) mass is 395 g/mol. The Balaban J connectivity index is 1.36. The van der Waals surface area contributed by atoms with Crippen LogP contribution < -0.4 is 4.90 Å². The summed E-state index contributed by atoms with van der Waals surface area (Å²) in [5.74, 6) is -1.20. The van der Waals surface area contributed by atoms with Crippen molar-refractivity contribution in [2.75, 3.05) is 37.6 Å². The van der Waals surface area contributed by atoms with Crippen LogP contribution in [0.2, 0.25) is 0 Å². The first-order valence-corrected chi connectivity index (χ1v) is 10.2. The largest absolute Gasteiger partial charge is 0.341 e. The van der Waals surface area contributed by atoms with Gasteiger partial charge in [0.25, 0.3) is 0 Å². The van der Waals surface area contributed by atoms with Crippen LogP contribution in [0.3, 0.4) is 0 Å². The van der Waals surface area contributed by atoms with Gasteiger partial charge in [-0.05, 0) is 42.7 Å². The van der Waals surface area contributed by atoms with Gasteiger partial charge in [-0.15, -0.1) is 0 Å². The lowest BCUT2D eigenvalue weighted by molar-refractivity contribution is -0.139. The van der Waals surface area contributed by atoms with Crippen molar-refractivity contribution in [2.45, 2.75) is 19.4 Å². The molecule has 0 aliphatic carbocycles. The molecular weight excluding hydrogens is 369 g/mol. The molecule has 0 spiro atoms. The Hall–Kier alpha value is -2.73. The lowest BCUT2D eigenvalue weighted by Gasteiger charge is -2.24. The van der Waals surface area contributed by atoms with E-state index in [9.17, 15) is 14.0 Å². The maximum atomic E-state index is 13.2. The third-order valence-corrected chi connectivity index (χ3v) is 5.79. The van der Waals surface area contributed by atoms with E-state index >= 15 is 0 Å². The molecule has 2 aliphatic heterocycles. The van der Waals surface area contributed by atoms with Crippen LogP contribution in [0, 0.1) is 11.7 Å². The van der Waals surface area contributed by atoms with Crippen LogP contribution in [-0.4, -0.2) is 54.3 Å².